The summed E-state index contributed by atoms with van der Waals surface area (Å²) in [5, 5.41) is 0. The van der Waals surface area contributed by atoms with Crippen molar-refractivity contribution >= 4 is 11.6 Å². The fraction of sp³-hybridized carbons (Fsp3) is 0.200. The molecule has 0 aliphatic heterocycles. The summed E-state index contributed by atoms with van der Waals surface area (Å²) in [6, 6.07) is 18.5. The molecule has 0 N–H and O–H groups in total. The first-order chi connectivity index (χ1) is 8.90. The van der Waals surface area contributed by atoms with Gasteiger partial charge in [-0.15, -0.1) is 0 Å². The van der Waals surface area contributed by atoms with E-state index in [0.717, 1.165) is 5.75 Å². The lowest BCUT2D eigenvalue weighted by molar-refractivity contribution is 0.133. The van der Waals surface area contributed by atoms with E-state index in [9.17, 15) is 0 Å². The lowest BCUT2D eigenvalue weighted by atomic mass is 10.1. The zero-order chi connectivity index (χ0) is 12.6. The molecule has 0 heterocycles. The van der Waals surface area contributed by atoms with Crippen LogP contribution in [-0.4, -0.2) is 19.3 Å². The Morgan fingerprint density at radius 2 is 1.44 bits per heavy atom. The van der Waals surface area contributed by atoms with E-state index in [2.05, 4.69) is 12.1 Å². The van der Waals surface area contributed by atoms with Gasteiger partial charge in [-0.25, -0.2) is 0 Å². The largest absolute Gasteiger partial charge is 0.491 e. The zero-order valence-corrected chi connectivity index (χ0v) is 10.8. The highest BCUT2D eigenvalue weighted by molar-refractivity contribution is 6.17. The van der Waals surface area contributed by atoms with E-state index in [1.807, 2.05) is 42.5 Å². The fourth-order valence-electron chi connectivity index (χ4n) is 1.65. The highest BCUT2D eigenvalue weighted by Crippen LogP contribution is 2.21. The lowest BCUT2D eigenvalue weighted by Gasteiger charge is -2.07. The first kappa shape index (κ1) is 12.9. The molecule has 0 aromatic heterocycles. The molecule has 0 spiro atoms. The molecular weight excluding hydrogens is 248 g/mol. The molecule has 0 saturated carbocycles. The summed E-state index contributed by atoms with van der Waals surface area (Å²) in [7, 11) is 0. The third-order valence-electron chi connectivity index (χ3n) is 2.53. The van der Waals surface area contributed by atoms with Crippen LogP contribution in [0, 0.1) is 0 Å². The van der Waals surface area contributed by atoms with Crippen molar-refractivity contribution in [1.82, 2.24) is 0 Å². The van der Waals surface area contributed by atoms with Gasteiger partial charge in [-0.2, -0.15) is 0 Å². The predicted molar refractivity (Wildman–Crippen MR) is 74.0 cm³/mol. The second-order valence-corrected chi connectivity index (χ2v) is 3.97. The van der Waals surface area contributed by atoms with E-state index in [1.54, 1.807) is 0 Å². The minimum absolute atomic E-state index is 0.205. The normalized spacial score (nSPS) is 10.3. The predicted octanol–water partition coefficient (Wildman–Crippen LogP) is 3.95. The number of rotatable bonds is 6. The SMILES string of the molecule is ClCOCCOc1ccc(-c2ccccc2)cc1. The van der Waals surface area contributed by atoms with Gasteiger partial charge in [0.1, 0.15) is 18.4 Å². The Labute approximate surface area is 112 Å². The Balaban J connectivity index is 1.94. The van der Waals surface area contributed by atoms with E-state index in [0.29, 0.717) is 13.2 Å². The molecule has 2 nitrogen and oxygen atoms in total. The van der Waals surface area contributed by atoms with Gasteiger partial charge in [-0.1, -0.05) is 54.1 Å². The molecule has 0 aliphatic carbocycles. The molecular formula is C15H15ClO2. The van der Waals surface area contributed by atoms with E-state index >= 15 is 0 Å². The smallest absolute Gasteiger partial charge is 0.121 e. The van der Waals surface area contributed by atoms with Gasteiger partial charge in [0.05, 0.1) is 6.61 Å². The van der Waals surface area contributed by atoms with Crippen LogP contribution in [0.2, 0.25) is 0 Å². The Morgan fingerprint density at radius 1 is 0.778 bits per heavy atom. The first-order valence-electron chi connectivity index (χ1n) is 5.82. The molecule has 0 atom stereocenters. The van der Waals surface area contributed by atoms with Crippen molar-refractivity contribution < 1.29 is 9.47 Å². The summed E-state index contributed by atoms with van der Waals surface area (Å²) in [5.74, 6) is 0.841. The Kier molecular flexibility index (Phi) is 5.06. The van der Waals surface area contributed by atoms with Crippen molar-refractivity contribution in [3.8, 4) is 16.9 Å². The van der Waals surface area contributed by atoms with Crippen LogP contribution < -0.4 is 4.74 Å². The number of ether oxygens (including phenoxy) is 2. The summed E-state index contributed by atoms with van der Waals surface area (Å²) >= 11 is 5.39. The lowest BCUT2D eigenvalue weighted by Crippen LogP contribution is -2.05. The first-order valence-corrected chi connectivity index (χ1v) is 6.35. The summed E-state index contributed by atoms with van der Waals surface area (Å²) in [5.41, 5.74) is 2.38. The highest BCUT2D eigenvalue weighted by Gasteiger charge is 1.98. The average molecular weight is 263 g/mol. The number of hydrogen-bond donors (Lipinski definition) is 0. The molecule has 0 unspecified atom stereocenters. The third-order valence-corrected chi connectivity index (χ3v) is 2.69. The molecule has 0 radical (unpaired) electrons. The number of benzene rings is 2. The highest BCUT2D eigenvalue weighted by atomic mass is 35.5. The molecule has 2 aromatic rings. The monoisotopic (exact) mass is 262 g/mol. The van der Waals surface area contributed by atoms with E-state index in [4.69, 9.17) is 21.1 Å². The zero-order valence-electron chi connectivity index (χ0n) is 10.0. The molecule has 18 heavy (non-hydrogen) atoms. The van der Waals surface area contributed by atoms with Gasteiger partial charge in [0.15, 0.2) is 0 Å². The van der Waals surface area contributed by atoms with Crippen LogP contribution >= 0.6 is 11.6 Å². The second-order valence-electron chi connectivity index (χ2n) is 3.76. The molecule has 0 aliphatic rings. The summed E-state index contributed by atoms with van der Waals surface area (Å²) < 4.78 is 10.5. The van der Waals surface area contributed by atoms with Gasteiger partial charge in [0.25, 0.3) is 0 Å². The van der Waals surface area contributed by atoms with Crippen molar-refractivity contribution in [3.05, 3.63) is 54.6 Å². The van der Waals surface area contributed by atoms with Crippen molar-refractivity contribution in [3.63, 3.8) is 0 Å². The van der Waals surface area contributed by atoms with Gasteiger partial charge < -0.3 is 9.47 Å². The van der Waals surface area contributed by atoms with Gasteiger partial charge in [-0.05, 0) is 23.3 Å². The van der Waals surface area contributed by atoms with Crippen LogP contribution in [0.1, 0.15) is 0 Å². The molecule has 0 saturated heterocycles. The minimum atomic E-state index is 0.205. The maximum atomic E-state index is 5.52. The second kappa shape index (κ2) is 7.04. The maximum Gasteiger partial charge on any atom is 0.121 e. The van der Waals surface area contributed by atoms with Crippen LogP contribution in [0.4, 0.5) is 0 Å². The average Bonchev–Trinajstić information content (AvgIpc) is 2.45. The van der Waals surface area contributed by atoms with Crippen LogP contribution in [0.25, 0.3) is 11.1 Å². The van der Waals surface area contributed by atoms with E-state index in [-0.39, 0.29) is 6.07 Å². The van der Waals surface area contributed by atoms with Crippen LogP contribution in [0.5, 0.6) is 5.75 Å². The molecule has 3 heteroatoms. The van der Waals surface area contributed by atoms with Crippen molar-refractivity contribution in [2.75, 3.05) is 19.3 Å². The Hall–Kier alpha value is -1.51. The maximum absolute atomic E-state index is 5.52. The van der Waals surface area contributed by atoms with E-state index < -0.39 is 0 Å². The van der Waals surface area contributed by atoms with Gasteiger partial charge in [-0.3, -0.25) is 0 Å². The minimum Gasteiger partial charge on any atom is -0.491 e. The summed E-state index contributed by atoms with van der Waals surface area (Å²) in [6.45, 7) is 1.02. The van der Waals surface area contributed by atoms with Crippen LogP contribution in [0.3, 0.4) is 0 Å². The Bertz CT molecular complexity index is 454. The fourth-order valence-corrected chi connectivity index (χ4v) is 1.76. The number of alkyl halides is 1. The van der Waals surface area contributed by atoms with Crippen molar-refractivity contribution in [1.29, 1.82) is 0 Å². The summed E-state index contributed by atoms with van der Waals surface area (Å²) in [4.78, 5) is 0. The molecule has 0 amide bonds. The van der Waals surface area contributed by atoms with Gasteiger partial charge >= 0.3 is 0 Å². The van der Waals surface area contributed by atoms with Crippen molar-refractivity contribution in [2.24, 2.45) is 0 Å². The molecule has 0 fully saturated rings. The molecule has 2 rings (SSSR count). The Morgan fingerprint density at radius 3 is 2.11 bits per heavy atom. The van der Waals surface area contributed by atoms with Crippen LogP contribution in [0.15, 0.2) is 54.6 Å². The van der Waals surface area contributed by atoms with Crippen LogP contribution in [-0.2, 0) is 4.74 Å². The van der Waals surface area contributed by atoms with Gasteiger partial charge in [0.2, 0.25) is 0 Å². The molecule has 0 bridgehead atoms. The molecule has 2 aromatic carbocycles. The number of halogens is 1. The quantitative estimate of drug-likeness (QED) is 0.580. The standard InChI is InChI=1S/C15H15ClO2/c16-12-17-10-11-18-15-8-6-14(7-9-15)13-4-2-1-3-5-13/h1-9H,10-12H2. The summed E-state index contributed by atoms with van der Waals surface area (Å²) in [6.07, 6.45) is 0. The molecule has 94 valence electrons. The van der Waals surface area contributed by atoms with E-state index in [1.165, 1.54) is 11.1 Å². The van der Waals surface area contributed by atoms with Gasteiger partial charge in [0, 0.05) is 0 Å². The number of hydrogen-bond acceptors (Lipinski definition) is 2. The third kappa shape index (κ3) is 3.76. The topological polar surface area (TPSA) is 18.5 Å². The van der Waals surface area contributed by atoms with Crippen molar-refractivity contribution in [2.45, 2.75) is 0 Å².